The van der Waals surface area contributed by atoms with E-state index in [-0.39, 0.29) is 18.9 Å². The second kappa shape index (κ2) is 5.86. The van der Waals surface area contributed by atoms with Crippen LogP contribution in [0.15, 0.2) is 16.9 Å². The van der Waals surface area contributed by atoms with E-state index >= 15 is 0 Å². The number of nitrogens with one attached hydrogen (secondary N) is 1. The molecule has 0 aliphatic heterocycles. The van der Waals surface area contributed by atoms with Crippen molar-refractivity contribution in [1.82, 2.24) is 10.5 Å². The number of aliphatic carboxylic acids is 1. The highest BCUT2D eigenvalue weighted by molar-refractivity contribution is 5.80. The van der Waals surface area contributed by atoms with Crippen molar-refractivity contribution in [3.8, 4) is 0 Å². The molecule has 1 saturated carbocycles. The van der Waals surface area contributed by atoms with Gasteiger partial charge in [-0.2, -0.15) is 0 Å². The van der Waals surface area contributed by atoms with Gasteiger partial charge in [0.05, 0.1) is 17.5 Å². The van der Waals surface area contributed by atoms with Gasteiger partial charge in [0.15, 0.2) is 0 Å². The zero-order valence-electron chi connectivity index (χ0n) is 10.7. The Kier molecular flexibility index (Phi) is 4.19. The summed E-state index contributed by atoms with van der Waals surface area (Å²) in [4.78, 5) is 23.2. The normalized spacial score (nSPS) is 17.9. The number of carboxylic acids is 1. The van der Waals surface area contributed by atoms with Gasteiger partial charge < -0.3 is 14.9 Å². The van der Waals surface area contributed by atoms with Crippen molar-refractivity contribution in [2.45, 2.75) is 38.5 Å². The minimum Gasteiger partial charge on any atom is -0.481 e. The van der Waals surface area contributed by atoms with Crippen LogP contribution in [0.25, 0.3) is 0 Å². The van der Waals surface area contributed by atoms with E-state index in [1.165, 1.54) is 6.26 Å². The number of carbonyl (C=O) groups excluding carboxylic acids is 1. The van der Waals surface area contributed by atoms with Crippen molar-refractivity contribution in [3.05, 3.63) is 18.0 Å². The first-order valence-corrected chi connectivity index (χ1v) is 6.52. The van der Waals surface area contributed by atoms with Gasteiger partial charge in [0.2, 0.25) is 5.91 Å². The molecule has 0 unspecified atom stereocenters. The molecule has 0 spiro atoms. The maximum absolute atomic E-state index is 11.7. The SMILES string of the molecule is O=C(Cc1ccon1)NCC1(C(=O)O)CCCCC1. The van der Waals surface area contributed by atoms with E-state index in [1.54, 1.807) is 6.07 Å². The Labute approximate surface area is 111 Å². The molecular weight excluding hydrogens is 248 g/mol. The highest BCUT2D eigenvalue weighted by Gasteiger charge is 2.39. The van der Waals surface area contributed by atoms with Gasteiger partial charge in [-0.05, 0) is 12.8 Å². The van der Waals surface area contributed by atoms with Crippen LogP contribution in [0.4, 0.5) is 0 Å². The molecule has 19 heavy (non-hydrogen) atoms. The van der Waals surface area contributed by atoms with Gasteiger partial charge in [-0.25, -0.2) is 0 Å². The van der Waals surface area contributed by atoms with Crippen LogP contribution in [0.3, 0.4) is 0 Å². The third-order valence-corrected chi connectivity index (χ3v) is 3.72. The lowest BCUT2D eigenvalue weighted by Crippen LogP contribution is -2.44. The monoisotopic (exact) mass is 266 g/mol. The van der Waals surface area contributed by atoms with E-state index in [0.717, 1.165) is 19.3 Å². The van der Waals surface area contributed by atoms with Crippen molar-refractivity contribution in [2.24, 2.45) is 5.41 Å². The third kappa shape index (κ3) is 3.33. The van der Waals surface area contributed by atoms with Gasteiger partial charge >= 0.3 is 5.97 Å². The minimum atomic E-state index is -0.811. The van der Waals surface area contributed by atoms with Gasteiger partial charge in [0, 0.05) is 12.6 Å². The van der Waals surface area contributed by atoms with Crippen LogP contribution in [0.5, 0.6) is 0 Å². The quantitative estimate of drug-likeness (QED) is 0.839. The maximum Gasteiger partial charge on any atom is 0.311 e. The molecule has 6 nitrogen and oxygen atoms in total. The third-order valence-electron chi connectivity index (χ3n) is 3.72. The number of aromatic nitrogens is 1. The largest absolute Gasteiger partial charge is 0.481 e. The molecule has 1 aromatic heterocycles. The van der Waals surface area contributed by atoms with Gasteiger partial charge in [-0.1, -0.05) is 24.4 Å². The Morgan fingerprint density at radius 2 is 2.11 bits per heavy atom. The molecule has 6 heteroatoms. The zero-order valence-corrected chi connectivity index (χ0v) is 10.7. The first-order chi connectivity index (χ1) is 9.12. The summed E-state index contributed by atoms with van der Waals surface area (Å²) >= 11 is 0. The van der Waals surface area contributed by atoms with Crippen molar-refractivity contribution in [1.29, 1.82) is 0 Å². The van der Waals surface area contributed by atoms with Gasteiger partial charge in [0.25, 0.3) is 0 Å². The number of carboxylic acid groups (broad SMARTS) is 1. The van der Waals surface area contributed by atoms with Crippen LogP contribution in [0, 0.1) is 5.41 Å². The Balaban J connectivity index is 1.88. The maximum atomic E-state index is 11.7. The molecule has 2 N–H and O–H groups in total. The Morgan fingerprint density at radius 1 is 1.37 bits per heavy atom. The first-order valence-electron chi connectivity index (χ1n) is 6.52. The summed E-state index contributed by atoms with van der Waals surface area (Å²) in [5.41, 5.74) is -0.247. The molecule has 1 amide bonds. The van der Waals surface area contributed by atoms with Crippen molar-refractivity contribution < 1.29 is 19.2 Å². The standard InChI is InChI=1S/C13H18N2O4/c16-11(8-10-4-7-19-15-10)14-9-13(12(17)18)5-2-1-3-6-13/h4,7H,1-3,5-6,8-9H2,(H,14,16)(H,17,18). The molecular formula is C13H18N2O4. The van der Waals surface area contributed by atoms with Gasteiger partial charge in [-0.3, -0.25) is 9.59 Å². The van der Waals surface area contributed by atoms with Crippen molar-refractivity contribution >= 4 is 11.9 Å². The number of carbonyl (C=O) groups is 2. The summed E-state index contributed by atoms with van der Waals surface area (Å²) in [5.74, 6) is -1.03. The average molecular weight is 266 g/mol. The summed E-state index contributed by atoms with van der Waals surface area (Å²) < 4.78 is 4.64. The van der Waals surface area contributed by atoms with Crippen LogP contribution in [-0.2, 0) is 16.0 Å². The summed E-state index contributed by atoms with van der Waals surface area (Å²) in [6, 6.07) is 1.62. The van der Waals surface area contributed by atoms with Crippen LogP contribution in [0.2, 0.25) is 0 Å². The summed E-state index contributed by atoms with van der Waals surface area (Å²) in [7, 11) is 0. The van der Waals surface area contributed by atoms with Crippen molar-refractivity contribution in [2.75, 3.05) is 6.54 Å². The van der Waals surface area contributed by atoms with Gasteiger partial charge in [0.1, 0.15) is 6.26 Å². The fourth-order valence-electron chi connectivity index (χ4n) is 2.52. The Morgan fingerprint density at radius 3 is 2.68 bits per heavy atom. The molecule has 104 valence electrons. The summed E-state index contributed by atoms with van der Waals surface area (Å²) in [6.45, 7) is 0.193. The van der Waals surface area contributed by atoms with E-state index in [1.807, 2.05) is 0 Å². The molecule has 1 aliphatic carbocycles. The molecule has 0 atom stereocenters. The molecule has 0 saturated heterocycles. The lowest BCUT2D eigenvalue weighted by Gasteiger charge is -2.33. The number of amides is 1. The molecule has 0 radical (unpaired) electrons. The molecule has 0 bridgehead atoms. The highest BCUT2D eigenvalue weighted by Crippen LogP contribution is 2.35. The highest BCUT2D eigenvalue weighted by atomic mass is 16.5. The fraction of sp³-hybridized carbons (Fsp3) is 0.615. The molecule has 1 aromatic rings. The number of rotatable bonds is 5. The predicted octanol–water partition coefficient (Wildman–Crippen LogP) is 1.37. The lowest BCUT2D eigenvalue weighted by atomic mass is 9.74. The Hall–Kier alpha value is -1.85. The van der Waals surface area contributed by atoms with E-state index < -0.39 is 11.4 Å². The number of nitrogens with zero attached hydrogens (tertiary/aromatic N) is 1. The average Bonchev–Trinajstić information content (AvgIpc) is 2.90. The second-order valence-electron chi connectivity index (χ2n) is 5.09. The second-order valence-corrected chi connectivity index (χ2v) is 5.09. The summed E-state index contributed by atoms with van der Waals surface area (Å²) in [5, 5.41) is 15.7. The Bertz CT molecular complexity index is 436. The molecule has 1 fully saturated rings. The van der Waals surface area contributed by atoms with Gasteiger partial charge in [-0.15, -0.1) is 0 Å². The van der Waals surface area contributed by atoms with Crippen molar-refractivity contribution in [3.63, 3.8) is 0 Å². The van der Waals surface area contributed by atoms with E-state index in [9.17, 15) is 14.7 Å². The number of hydrogen-bond donors (Lipinski definition) is 2. The predicted molar refractivity (Wildman–Crippen MR) is 66.4 cm³/mol. The number of hydrogen-bond acceptors (Lipinski definition) is 4. The van der Waals surface area contributed by atoms with Crippen LogP contribution in [0.1, 0.15) is 37.8 Å². The fourth-order valence-corrected chi connectivity index (χ4v) is 2.52. The minimum absolute atomic E-state index is 0.117. The first kappa shape index (κ1) is 13.6. The lowest BCUT2D eigenvalue weighted by molar-refractivity contribution is -0.151. The van der Waals surface area contributed by atoms with Crippen LogP contribution in [-0.4, -0.2) is 28.7 Å². The molecule has 1 aliphatic rings. The zero-order chi connectivity index (χ0) is 13.7. The molecule has 0 aromatic carbocycles. The smallest absolute Gasteiger partial charge is 0.311 e. The molecule has 2 rings (SSSR count). The van der Waals surface area contributed by atoms with E-state index in [0.29, 0.717) is 18.5 Å². The van der Waals surface area contributed by atoms with E-state index in [4.69, 9.17) is 0 Å². The topological polar surface area (TPSA) is 92.4 Å². The van der Waals surface area contributed by atoms with E-state index in [2.05, 4.69) is 15.0 Å². The summed E-state index contributed by atoms with van der Waals surface area (Å²) in [6.07, 6.45) is 5.67. The van der Waals surface area contributed by atoms with Crippen LogP contribution >= 0.6 is 0 Å². The molecule has 1 heterocycles. The van der Waals surface area contributed by atoms with Crippen LogP contribution < -0.4 is 5.32 Å².